The van der Waals surface area contributed by atoms with E-state index in [0.717, 1.165) is 25.7 Å². The van der Waals surface area contributed by atoms with E-state index >= 15 is 0 Å². The van der Waals surface area contributed by atoms with E-state index in [9.17, 15) is 8.42 Å². The lowest BCUT2D eigenvalue weighted by molar-refractivity contribution is 0.347. The molecule has 3 unspecified atom stereocenters. The molecule has 0 radical (unpaired) electrons. The third kappa shape index (κ3) is 3.74. The molecule has 1 aliphatic carbocycles. The van der Waals surface area contributed by atoms with Crippen molar-refractivity contribution >= 4 is 9.84 Å². The third-order valence-electron chi connectivity index (χ3n) is 3.74. The van der Waals surface area contributed by atoms with Gasteiger partial charge in [-0.1, -0.05) is 33.1 Å². The van der Waals surface area contributed by atoms with E-state index < -0.39 is 9.84 Å². The van der Waals surface area contributed by atoms with Crippen LogP contribution in [0.25, 0.3) is 0 Å². The maximum absolute atomic E-state index is 12.2. The van der Waals surface area contributed by atoms with Gasteiger partial charge in [0, 0.05) is 0 Å². The highest BCUT2D eigenvalue weighted by molar-refractivity contribution is 7.92. The van der Waals surface area contributed by atoms with Gasteiger partial charge in [-0.05, 0) is 31.2 Å². The first-order valence-corrected chi connectivity index (χ1v) is 8.12. The van der Waals surface area contributed by atoms with E-state index in [1.807, 2.05) is 6.92 Å². The molecule has 0 aromatic heterocycles. The zero-order chi connectivity index (χ0) is 12.2. The largest absolute Gasteiger partial charge is 0.330 e. The predicted octanol–water partition coefficient (Wildman–Crippen LogP) is 1.96. The highest BCUT2D eigenvalue weighted by Gasteiger charge is 2.31. The molecule has 1 aliphatic rings. The highest BCUT2D eigenvalue weighted by atomic mass is 32.2. The molecule has 0 aliphatic heterocycles. The van der Waals surface area contributed by atoms with Gasteiger partial charge in [-0.3, -0.25) is 0 Å². The Labute approximate surface area is 99.7 Å². The molecular formula is C12H25NO2S. The first-order chi connectivity index (χ1) is 7.49. The lowest BCUT2D eigenvalue weighted by Gasteiger charge is -2.28. The van der Waals surface area contributed by atoms with Crippen LogP contribution in [0.3, 0.4) is 0 Å². The van der Waals surface area contributed by atoms with Gasteiger partial charge in [0.25, 0.3) is 0 Å². The normalized spacial score (nSPS) is 28.9. The minimum Gasteiger partial charge on any atom is -0.330 e. The molecule has 16 heavy (non-hydrogen) atoms. The molecule has 4 heteroatoms. The second kappa shape index (κ2) is 6.01. The summed E-state index contributed by atoms with van der Waals surface area (Å²) in [4.78, 5) is 0. The van der Waals surface area contributed by atoms with Crippen LogP contribution in [-0.2, 0) is 9.84 Å². The lowest BCUT2D eigenvalue weighted by Crippen LogP contribution is -2.33. The van der Waals surface area contributed by atoms with Gasteiger partial charge in [-0.15, -0.1) is 0 Å². The Hall–Kier alpha value is -0.0900. The summed E-state index contributed by atoms with van der Waals surface area (Å²) in [6.45, 7) is 4.53. The van der Waals surface area contributed by atoms with Crippen LogP contribution >= 0.6 is 0 Å². The summed E-state index contributed by atoms with van der Waals surface area (Å²) in [6, 6.07) is 0. The topological polar surface area (TPSA) is 60.2 Å². The van der Waals surface area contributed by atoms with Gasteiger partial charge >= 0.3 is 0 Å². The van der Waals surface area contributed by atoms with Crippen LogP contribution in [0.2, 0.25) is 0 Å². The van der Waals surface area contributed by atoms with E-state index in [1.165, 1.54) is 6.42 Å². The van der Waals surface area contributed by atoms with E-state index in [4.69, 9.17) is 5.73 Å². The minimum absolute atomic E-state index is 0.0898. The summed E-state index contributed by atoms with van der Waals surface area (Å²) in [5, 5.41) is -0.0970. The van der Waals surface area contributed by atoms with E-state index in [2.05, 4.69) is 6.92 Å². The fraction of sp³-hybridized carbons (Fsp3) is 1.00. The molecular weight excluding hydrogens is 222 g/mol. The Morgan fingerprint density at radius 2 is 2.06 bits per heavy atom. The number of hydrogen-bond acceptors (Lipinski definition) is 3. The molecule has 0 heterocycles. The molecule has 3 nitrogen and oxygen atoms in total. The fourth-order valence-electron chi connectivity index (χ4n) is 2.54. The second-order valence-corrected chi connectivity index (χ2v) is 7.56. The number of hydrogen-bond donors (Lipinski definition) is 1. The number of nitrogens with two attached hydrogens (primary N) is 1. The van der Waals surface area contributed by atoms with Crippen molar-refractivity contribution in [3.63, 3.8) is 0 Å². The smallest absolute Gasteiger partial charge is 0.153 e. The van der Waals surface area contributed by atoms with E-state index in [-0.39, 0.29) is 16.9 Å². The van der Waals surface area contributed by atoms with Gasteiger partial charge in [0.05, 0.1) is 11.0 Å². The van der Waals surface area contributed by atoms with Gasteiger partial charge in [-0.2, -0.15) is 0 Å². The molecule has 0 amide bonds. The molecule has 1 fully saturated rings. The molecule has 2 N–H and O–H groups in total. The van der Waals surface area contributed by atoms with E-state index in [1.54, 1.807) is 0 Å². The van der Waals surface area contributed by atoms with Crippen LogP contribution in [0.15, 0.2) is 0 Å². The third-order valence-corrected chi connectivity index (χ3v) is 6.22. The maximum atomic E-state index is 12.2. The number of sulfone groups is 1. The Morgan fingerprint density at radius 3 is 2.62 bits per heavy atom. The summed E-state index contributed by atoms with van der Waals surface area (Å²) in [5.41, 5.74) is 5.50. The van der Waals surface area contributed by atoms with Crippen LogP contribution in [0.5, 0.6) is 0 Å². The molecule has 0 aromatic rings. The van der Waals surface area contributed by atoms with Crippen molar-refractivity contribution in [2.24, 2.45) is 17.6 Å². The summed E-state index contributed by atoms with van der Waals surface area (Å²) in [7, 11) is -2.92. The predicted molar refractivity (Wildman–Crippen MR) is 68.0 cm³/mol. The summed E-state index contributed by atoms with van der Waals surface area (Å²) < 4.78 is 24.3. The van der Waals surface area contributed by atoms with Gasteiger partial charge < -0.3 is 5.73 Å². The zero-order valence-electron chi connectivity index (χ0n) is 10.5. The minimum atomic E-state index is -2.92. The monoisotopic (exact) mass is 247 g/mol. The van der Waals surface area contributed by atoms with Crippen molar-refractivity contribution in [3.8, 4) is 0 Å². The maximum Gasteiger partial charge on any atom is 0.153 e. The van der Waals surface area contributed by atoms with Gasteiger partial charge in [0.2, 0.25) is 0 Å². The highest BCUT2D eigenvalue weighted by Crippen LogP contribution is 2.31. The van der Waals surface area contributed by atoms with Crippen molar-refractivity contribution in [2.45, 2.75) is 51.2 Å². The van der Waals surface area contributed by atoms with E-state index in [0.29, 0.717) is 12.5 Å². The van der Waals surface area contributed by atoms with Crippen LogP contribution in [0.4, 0.5) is 0 Å². The van der Waals surface area contributed by atoms with Crippen molar-refractivity contribution in [1.29, 1.82) is 0 Å². The van der Waals surface area contributed by atoms with Crippen LogP contribution in [-0.4, -0.2) is 26.0 Å². The molecule has 96 valence electrons. The Bertz CT molecular complexity index is 300. The van der Waals surface area contributed by atoms with Crippen LogP contribution in [0, 0.1) is 11.8 Å². The lowest BCUT2D eigenvalue weighted by atomic mass is 9.87. The van der Waals surface area contributed by atoms with Gasteiger partial charge in [0.1, 0.15) is 0 Å². The zero-order valence-corrected chi connectivity index (χ0v) is 11.3. The first kappa shape index (κ1) is 14.0. The Kier molecular flexibility index (Phi) is 5.25. The quantitative estimate of drug-likeness (QED) is 0.808. The van der Waals surface area contributed by atoms with Crippen molar-refractivity contribution in [2.75, 3.05) is 12.3 Å². The van der Waals surface area contributed by atoms with Gasteiger partial charge in [0.15, 0.2) is 9.84 Å². The molecule has 1 saturated carbocycles. The van der Waals surface area contributed by atoms with Crippen molar-refractivity contribution in [1.82, 2.24) is 0 Å². The Morgan fingerprint density at radius 1 is 1.38 bits per heavy atom. The van der Waals surface area contributed by atoms with Crippen LogP contribution in [0.1, 0.15) is 46.0 Å². The summed E-state index contributed by atoms with van der Waals surface area (Å²) >= 11 is 0. The van der Waals surface area contributed by atoms with Crippen LogP contribution < -0.4 is 5.73 Å². The summed E-state index contributed by atoms with van der Waals surface area (Å²) in [6.07, 6.45) is 5.11. The molecule has 0 bridgehead atoms. The molecule has 0 spiro atoms. The van der Waals surface area contributed by atoms with Crippen molar-refractivity contribution < 1.29 is 8.42 Å². The van der Waals surface area contributed by atoms with Gasteiger partial charge in [-0.25, -0.2) is 8.42 Å². The standard InChI is InChI=1S/C12H25NO2S/c1-3-11-5-4-6-12(7-11)16(14,15)9-10(2)8-13/h10-12H,3-9,13H2,1-2H3. The molecule has 0 saturated heterocycles. The molecule has 3 atom stereocenters. The average molecular weight is 247 g/mol. The molecule has 0 aromatic carbocycles. The average Bonchev–Trinajstić information content (AvgIpc) is 2.28. The summed E-state index contributed by atoms with van der Waals surface area (Å²) in [5.74, 6) is 0.971. The molecule has 1 rings (SSSR count). The second-order valence-electron chi connectivity index (χ2n) is 5.23. The number of rotatable bonds is 5. The fourth-order valence-corrected chi connectivity index (χ4v) is 4.83. The Balaban J connectivity index is 2.61. The van der Waals surface area contributed by atoms with Crippen molar-refractivity contribution in [3.05, 3.63) is 0 Å². The SMILES string of the molecule is CCC1CCCC(S(=O)(=O)CC(C)CN)C1. The first-order valence-electron chi connectivity index (χ1n) is 6.41.